The van der Waals surface area contributed by atoms with Crippen molar-refractivity contribution in [2.45, 2.75) is 9.79 Å². The van der Waals surface area contributed by atoms with E-state index < -0.39 is 11.6 Å². The molecule has 0 aliphatic heterocycles. The first-order valence-corrected chi connectivity index (χ1v) is 6.44. The summed E-state index contributed by atoms with van der Waals surface area (Å²) in [4.78, 5) is 0.789. The van der Waals surface area contributed by atoms with Crippen LogP contribution in [0.15, 0.2) is 46.2 Å². The predicted molar refractivity (Wildman–Crippen MR) is 72.9 cm³/mol. The highest BCUT2D eigenvalue weighted by atomic mass is 35.5. The van der Waals surface area contributed by atoms with Gasteiger partial charge in [0.15, 0.2) is 0 Å². The van der Waals surface area contributed by atoms with Crippen molar-refractivity contribution < 1.29 is 8.78 Å². The van der Waals surface area contributed by atoms with Crippen LogP contribution in [0.25, 0.3) is 0 Å². The standard InChI is InChI=1S/C13H9ClF2N2S/c14-8-2-1-3-11(12(8)13(17)18)19-10-5-4-7(15)6-9(10)16/h1-6H,(H3,17,18). The molecular weight excluding hydrogens is 290 g/mol. The second kappa shape index (κ2) is 5.59. The Balaban J connectivity index is 2.44. The van der Waals surface area contributed by atoms with Crippen molar-refractivity contribution in [1.82, 2.24) is 0 Å². The Hall–Kier alpha value is -1.59. The lowest BCUT2D eigenvalue weighted by Crippen LogP contribution is -2.13. The summed E-state index contributed by atoms with van der Waals surface area (Å²) in [6.45, 7) is 0. The number of nitrogens with two attached hydrogens (primary N) is 1. The summed E-state index contributed by atoms with van der Waals surface area (Å²) in [7, 11) is 0. The SMILES string of the molecule is N=C(N)c1c(Cl)cccc1Sc1ccc(F)cc1F. The highest BCUT2D eigenvalue weighted by Crippen LogP contribution is 2.35. The largest absolute Gasteiger partial charge is 0.384 e. The second-order valence-corrected chi connectivity index (χ2v) is 5.19. The Labute approximate surface area is 118 Å². The Bertz CT molecular complexity index is 647. The van der Waals surface area contributed by atoms with Crippen molar-refractivity contribution in [3.8, 4) is 0 Å². The van der Waals surface area contributed by atoms with Crippen LogP contribution in [0, 0.1) is 17.0 Å². The van der Waals surface area contributed by atoms with Crippen molar-refractivity contribution >= 4 is 29.2 Å². The molecule has 0 unspecified atom stereocenters. The van der Waals surface area contributed by atoms with Crippen LogP contribution in [-0.4, -0.2) is 5.84 Å². The minimum Gasteiger partial charge on any atom is -0.384 e. The Morgan fingerprint density at radius 3 is 2.53 bits per heavy atom. The highest BCUT2D eigenvalue weighted by molar-refractivity contribution is 7.99. The van der Waals surface area contributed by atoms with Gasteiger partial charge in [0.25, 0.3) is 0 Å². The van der Waals surface area contributed by atoms with Crippen LogP contribution < -0.4 is 5.73 Å². The van der Waals surface area contributed by atoms with Gasteiger partial charge in [-0.25, -0.2) is 8.78 Å². The summed E-state index contributed by atoms with van der Waals surface area (Å²) < 4.78 is 26.4. The van der Waals surface area contributed by atoms with E-state index in [1.807, 2.05) is 0 Å². The van der Waals surface area contributed by atoms with Crippen molar-refractivity contribution in [1.29, 1.82) is 5.41 Å². The molecule has 3 N–H and O–H groups in total. The number of benzene rings is 2. The Morgan fingerprint density at radius 1 is 1.16 bits per heavy atom. The molecule has 0 radical (unpaired) electrons. The van der Waals surface area contributed by atoms with Crippen LogP contribution in [0.1, 0.15) is 5.56 Å². The maximum atomic E-state index is 13.6. The summed E-state index contributed by atoms with van der Waals surface area (Å²) in [5, 5.41) is 7.82. The van der Waals surface area contributed by atoms with Crippen LogP contribution in [0.2, 0.25) is 5.02 Å². The summed E-state index contributed by atoms with van der Waals surface area (Å²) >= 11 is 7.01. The smallest absolute Gasteiger partial charge is 0.140 e. The molecule has 0 fully saturated rings. The van der Waals surface area contributed by atoms with E-state index in [9.17, 15) is 8.78 Å². The summed E-state index contributed by atoms with van der Waals surface area (Å²) in [6.07, 6.45) is 0. The van der Waals surface area contributed by atoms with E-state index in [4.69, 9.17) is 22.7 Å². The van der Waals surface area contributed by atoms with Crippen molar-refractivity contribution in [3.05, 3.63) is 58.6 Å². The van der Waals surface area contributed by atoms with Gasteiger partial charge < -0.3 is 5.73 Å². The molecule has 2 nitrogen and oxygen atoms in total. The van der Waals surface area contributed by atoms with E-state index in [0.29, 0.717) is 15.5 Å². The zero-order valence-electron chi connectivity index (χ0n) is 9.58. The number of hydrogen-bond donors (Lipinski definition) is 2. The number of nitrogens with one attached hydrogen (secondary N) is 1. The lowest BCUT2D eigenvalue weighted by Gasteiger charge is -2.10. The fraction of sp³-hybridized carbons (Fsp3) is 0. The predicted octanol–water partition coefficient (Wildman–Crippen LogP) is 4.05. The maximum Gasteiger partial charge on any atom is 0.140 e. The van der Waals surface area contributed by atoms with Gasteiger partial charge in [-0.15, -0.1) is 0 Å². The zero-order chi connectivity index (χ0) is 14.0. The first-order valence-electron chi connectivity index (χ1n) is 5.25. The van der Waals surface area contributed by atoms with E-state index in [1.54, 1.807) is 18.2 Å². The van der Waals surface area contributed by atoms with E-state index in [-0.39, 0.29) is 10.7 Å². The van der Waals surface area contributed by atoms with Crippen LogP contribution in [0.4, 0.5) is 8.78 Å². The number of hydrogen-bond acceptors (Lipinski definition) is 2. The van der Waals surface area contributed by atoms with Crippen molar-refractivity contribution in [3.63, 3.8) is 0 Å². The Morgan fingerprint density at radius 2 is 1.89 bits per heavy atom. The van der Waals surface area contributed by atoms with Gasteiger partial charge in [-0.05, 0) is 24.3 Å². The first kappa shape index (κ1) is 13.8. The van der Waals surface area contributed by atoms with E-state index in [1.165, 1.54) is 12.1 Å². The van der Waals surface area contributed by atoms with Crippen LogP contribution in [0.3, 0.4) is 0 Å². The summed E-state index contributed by atoms with van der Waals surface area (Å²) in [5.74, 6) is -1.50. The minimum atomic E-state index is -0.667. The first-order chi connectivity index (χ1) is 8.99. The van der Waals surface area contributed by atoms with Gasteiger partial charge in [0.2, 0.25) is 0 Å². The summed E-state index contributed by atoms with van der Waals surface area (Å²) in [6, 6.07) is 8.27. The van der Waals surface area contributed by atoms with Gasteiger partial charge in [0.05, 0.1) is 5.02 Å². The molecule has 2 aromatic rings. The fourth-order valence-corrected chi connectivity index (χ4v) is 2.86. The second-order valence-electron chi connectivity index (χ2n) is 3.70. The lowest BCUT2D eigenvalue weighted by atomic mass is 10.2. The molecule has 6 heteroatoms. The normalized spacial score (nSPS) is 10.5. The molecule has 0 spiro atoms. The van der Waals surface area contributed by atoms with Gasteiger partial charge in [-0.1, -0.05) is 29.4 Å². The van der Waals surface area contributed by atoms with Gasteiger partial charge in [0, 0.05) is 21.4 Å². The molecule has 0 heterocycles. The number of nitrogen functional groups attached to an aromatic ring is 1. The van der Waals surface area contributed by atoms with Gasteiger partial charge >= 0.3 is 0 Å². The minimum absolute atomic E-state index is 0.199. The molecule has 2 rings (SSSR count). The maximum absolute atomic E-state index is 13.6. The average molecular weight is 299 g/mol. The molecule has 2 aromatic carbocycles. The molecule has 0 aromatic heterocycles. The van der Waals surface area contributed by atoms with Crippen LogP contribution in [0.5, 0.6) is 0 Å². The molecule has 98 valence electrons. The van der Waals surface area contributed by atoms with Gasteiger partial charge in [-0.2, -0.15) is 0 Å². The fourth-order valence-electron chi connectivity index (χ4n) is 1.53. The topological polar surface area (TPSA) is 49.9 Å². The third-order valence-corrected chi connectivity index (χ3v) is 3.78. The number of amidine groups is 1. The monoisotopic (exact) mass is 298 g/mol. The van der Waals surface area contributed by atoms with Crippen molar-refractivity contribution in [2.24, 2.45) is 5.73 Å². The zero-order valence-corrected chi connectivity index (χ0v) is 11.2. The van der Waals surface area contributed by atoms with Gasteiger partial charge in [0.1, 0.15) is 17.5 Å². The van der Waals surface area contributed by atoms with Crippen LogP contribution in [-0.2, 0) is 0 Å². The number of halogens is 3. The highest BCUT2D eigenvalue weighted by Gasteiger charge is 2.13. The third-order valence-electron chi connectivity index (χ3n) is 2.36. The van der Waals surface area contributed by atoms with E-state index in [2.05, 4.69) is 0 Å². The molecule has 0 saturated carbocycles. The molecule has 19 heavy (non-hydrogen) atoms. The Kier molecular flexibility index (Phi) is 4.07. The van der Waals surface area contributed by atoms with Gasteiger partial charge in [-0.3, -0.25) is 5.41 Å². The molecule has 0 atom stereocenters. The molecule has 0 amide bonds. The summed E-state index contributed by atoms with van der Waals surface area (Å²) in [5.41, 5.74) is 5.81. The third kappa shape index (κ3) is 3.05. The average Bonchev–Trinajstić information content (AvgIpc) is 2.32. The number of rotatable bonds is 3. The van der Waals surface area contributed by atoms with E-state index >= 15 is 0 Å². The quantitative estimate of drug-likeness (QED) is 0.663. The molecular formula is C13H9ClF2N2S. The molecule has 0 saturated heterocycles. The van der Waals surface area contributed by atoms with Crippen LogP contribution >= 0.6 is 23.4 Å². The van der Waals surface area contributed by atoms with E-state index in [0.717, 1.165) is 17.8 Å². The lowest BCUT2D eigenvalue weighted by molar-refractivity contribution is 0.565. The molecule has 0 aliphatic carbocycles. The van der Waals surface area contributed by atoms with Crippen molar-refractivity contribution in [2.75, 3.05) is 0 Å². The molecule has 0 bridgehead atoms. The molecule has 0 aliphatic rings.